The van der Waals surface area contributed by atoms with Crippen molar-refractivity contribution in [1.29, 1.82) is 1.34 Å². The molecule has 8 heteroatoms. The van der Waals surface area contributed by atoms with Crippen molar-refractivity contribution in [3.8, 4) is 0 Å². The molecule has 1 radical (unpaired) electrons. The van der Waals surface area contributed by atoms with Crippen molar-refractivity contribution in [1.82, 2.24) is 4.98 Å². The summed E-state index contributed by atoms with van der Waals surface area (Å²) in [5, 5.41) is 2.74. The summed E-state index contributed by atoms with van der Waals surface area (Å²) in [4.78, 5) is 15.6. The van der Waals surface area contributed by atoms with Crippen LogP contribution in [0, 0.1) is 0 Å². The highest BCUT2D eigenvalue weighted by Gasteiger charge is 2.16. The number of carbonyl (C=O) groups excluding carboxylic acids is 1. The Morgan fingerprint density at radius 2 is 2.37 bits per heavy atom. The summed E-state index contributed by atoms with van der Waals surface area (Å²) in [6.07, 6.45) is -0.604. The van der Waals surface area contributed by atoms with Crippen molar-refractivity contribution in [2.75, 3.05) is 5.32 Å². The third kappa shape index (κ3) is 6.70. The third-order valence-corrected chi connectivity index (χ3v) is 2.22. The molecule has 19 heavy (non-hydrogen) atoms. The Hall–Kier alpha value is -0.915. The summed E-state index contributed by atoms with van der Waals surface area (Å²) in [5.41, 5.74) is 0.139. The lowest BCUT2D eigenvalue weighted by Crippen LogP contribution is -2.27. The first-order valence-corrected chi connectivity index (χ1v) is 6.63. The highest BCUT2D eigenvalue weighted by Crippen LogP contribution is 2.17. The normalized spacial score (nSPS) is 11.7. The Bertz CT molecular complexity index is 473. The number of hydrogen-bond donors (Lipinski definition) is 1. The molecule has 1 N–H and O–H groups in total. The van der Waals surface area contributed by atoms with Crippen LogP contribution >= 0.6 is 23.5 Å². The van der Waals surface area contributed by atoms with E-state index < -0.39 is 11.7 Å². The van der Waals surface area contributed by atoms with Gasteiger partial charge in [0.25, 0.3) is 0 Å². The number of hydrogen-bond acceptors (Lipinski definition) is 5. The van der Waals surface area contributed by atoms with Gasteiger partial charge in [-0.2, -0.15) is 0 Å². The number of ether oxygens (including phenoxy) is 1. The average molecular weight is 304 g/mol. The van der Waals surface area contributed by atoms with Crippen molar-refractivity contribution in [3.05, 3.63) is 22.8 Å². The van der Waals surface area contributed by atoms with Gasteiger partial charge < -0.3 is 8.92 Å². The standard InChI is InChI=1S/C11H15BClN2O3S/c1-11(2,3)18-10(16)15-9-5-7(6-17-19-12)4-8(13)14-9/h4-5,12H,6H2,1-3H3,(H,14,15,16)/i12T. The fourth-order valence-corrected chi connectivity index (χ4v) is 1.64. The van der Waals surface area contributed by atoms with Crippen molar-refractivity contribution in [2.45, 2.75) is 33.0 Å². The van der Waals surface area contributed by atoms with Gasteiger partial charge in [-0.15, -0.1) is 0 Å². The molecule has 0 aromatic carbocycles. The van der Waals surface area contributed by atoms with Gasteiger partial charge in [0.15, 0.2) is 0 Å². The summed E-state index contributed by atoms with van der Waals surface area (Å²) >= 11 is 6.77. The molecule has 0 aliphatic carbocycles. The molecule has 0 bridgehead atoms. The van der Waals surface area contributed by atoms with Crippen molar-refractivity contribution < 1.29 is 13.7 Å². The maximum Gasteiger partial charge on any atom is 0.413 e. The largest absolute Gasteiger partial charge is 0.444 e. The summed E-state index contributed by atoms with van der Waals surface area (Å²) in [6.45, 7) is 5.55. The number of nitrogens with one attached hydrogen (secondary N) is 1. The molecule has 0 unspecified atom stereocenters. The van der Waals surface area contributed by atoms with E-state index in [4.69, 9.17) is 21.9 Å². The van der Waals surface area contributed by atoms with Crippen molar-refractivity contribution in [2.24, 2.45) is 0 Å². The van der Waals surface area contributed by atoms with Crippen LogP contribution in [0.1, 0.15) is 26.3 Å². The Balaban J connectivity index is 2.68. The SMILES string of the molecule is [3H][B]SOCc1cc(Cl)nc(NC(=O)OC(C)(C)C)c1. The molecule has 1 aromatic heterocycles. The van der Waals surface area contributed by atoms with E-state index in [9.17, 15) is 4.79 Å². The van der Waals surface area contributed by atoms with Crippen LogP contribution in [0.3, 0.4) is 0 Å². The second-order valence-electron chi connectivity index (χ2n) is 4.67. The maximum atomic E-state index is 11.6. The van der Waals surface area contributed by atoms with Gasteiger partial charge in [-0.25, -0.2) is 9.78 Å². The van der Waals surface area contributed by atoms with E-state index in [1.807, 2.05) is 0 Å². The molecule has 1 amide bonds. The summed E-state index contributed by atoms with van der Waals surface area (Å²) < 4.78 is 17.1. The number of halogens is 1. The minimum absolute atomic E-state index is 0.233. The van der Waals surface area contributed by atoms with E-state index in [0.29, 0.717) is 0 Å². The van der Waals surface area contributed by atoms with Crippen LogP contribution in [0.25, 0.3) is 0 Å². The third-order valence-electron chi connectivity index (χ3n) is 1.78. The van der Waals surface area contributed by atoms with Crippen LogP contribution < -0.4 is 5.32 Å². The Labute approximate surface area is 124 Å². The molecule has 1 aromatic rings. The van der Waals surface area contributed by atoms with Crippen molar-refractivity contribution in [3.63, 3.8) is 0 Å². The second-order valence-corrected chi connectivity index (χ2v) is 5.48. The zero-order chi connectivity index (χ0) is 15.2. The van der Waals surface area contributed by atoms with Gasteiger partial charge in [0.2, 0.25) is 7.09 Å². The highest BCUT2D eigenvalue weighted by atomic mass is 35.5. The van der Waals surface area contributed by atoms with Crippen LogP contribution in [0.15, 0.2) is 12.1 Å². The summed E-state index contributed by atoms with van der Waals surface area (Å²) in [7, 11) is 1.07. The molecule has 1 rings (SSSR count). The Morgan fingerprint density at radius 1 is 1.63 bits per heavy atom. The molecular weight excluding hydrogens is 286 g/mol. The fourth-order valence-electron chi connectivity index (χ4n) is 1.21. The predicted molar refractivity (Wildman–Crippen MR) is 78.6 cm³/mol. The van der Waals surface area contributed by atoms with E-state index in [0.717, 1.165) is 24.5 Å². The van der Waals surface area contributed by atoms with Crippen molar-refractivity contribution >= 4 is 42.5 Å². The number of carbonyl (C=O) groups is 1. The minimum Gasteiger partial charge on any atom is -0.444 e. The number of nitrogens with zero attached hydrogens (tertiary/aromatic N) is 1. The molecular formula is C11H15BClN2O3S. The first kappa shape index (κ1) is 14.5. The molecule has 0 spiro atoms. The first-order valence-electron chi connectivity index (χ1n) is 6.03. The van der Waals surface area contributed by atoms with Gasteiger partial charge in [0, 0.05) is 0 Å². The number of pyridine rings is 1. The number of aromatic nitrogens is 1. The number of anilines is 1. The zero-order valence-corrected chi connectivity index (χ0v) is 12.5. The molecule has 0 atom stereocenters. The summed E-state index contributed by atoms with van der Waals surface area (Å²) in [5.74, 6) is 0.283. The quantitative estimate of drug-likeness (QED) is 0.392. The van der Waals surface area contributed by atoms with Crippen LogP contribution in [0.4, 0.5) is 10.6 Å². The van der Waals surface area contributed by atoms with Gasteiger partial charge in [-0.1, -0.05) is 23.5 Å². The molecule has 5 nitrogen and oxygen atoms in total. The number of rotatable bonds is 5. The van der Waals surface area contributed by atoms with E-state index in [-0.39, 0.29) is 17.6 Å². The van der Waals surface area contributed by atoms with Crippen LogP contribution in [0.2, 0.25) is 5.15 Å². The summed E-state index contributed by atoms with van der Waals surface area (Å²) in [6, 6.07) is 3.24. The fraction of sp³-hybridized carbons (Fsp3) is 0.455. The molecule has 103 valence electrons. The Kier molecular flexibility index (Phi) is 5.36. The van der Waals surface area contributed by atoms with Gasteiger partial charge in [0.1, 0.15) is 16.6 Å². The zero-order valence-electron chi connectivity index (χ0n) is 11.9. The molecule has 0 aliphatic heterocycles. The topological polar surface area (TPSA) is 60.5 Å². The lowest BCUT2D eigenvalue weighted by atomic mass is 10.2. The average Bonchev–Trinajstić information content (AvgIpc) is 2.25. The van der Waals surface area contributed by atoms with E-state index in [1.54, 1.807) is 32.9 Å². The predicted octanol–water partition coefficient (Wildman–Crippen LogP) is 3.06. The van der Waals surface area contributed by atoms with E-state index in [1.165, 1.54) is 0 Å². The monoisotopic (exact) mass is 303 g/mol. The molecule has 1 heterocycles. The van der Waals surface area contributed by atoms with Crippen LogP contribution in [0.5, 0.6) is 0 Å². The van der Waals surface area contributed by atoms with E-state index >= 15 is 0 Å². The van der Waals surface area contributed by atoms with Gasteiger partial charge in [0.05, 0.1) is 6.61 Å². The first-order chi connectivity index (χ1) is 9.30. The number of amides is 1. The van der Waals surface area contributed by atoms with E-state index in [2.05, 4.69) is 10.3 Å². The Morgan fingerprint density at radius 3 is 3.00 bits per heavy atom. The minimum atomic E-state index is -0.604. The molecule has 0 saturated heterocycles. The lowest BCUT2D eigenvalue weighted by Gasteiger charge is -2.19. The van der Waals surface area contributed by atoms with Gasteiger partial charge in [-0.3, -0.25) is 5.32 Å². The highest BCUT2D eigenvalue weighted by molar-refractivity contribution is 8.15. The second kappa shape index (κ2) is 7.02. The van der Waals surface area contributed by atoms with Crippen LogP contribution in [-0.4, -0.2) is 25.1 Å². The maximum absolute atomic E-state index is 11.6. The smallest absolute Gasteiger partial charge is 0.413 e. The lowest BCUT2D eigenvalue weighted by molar-refractivity contribution is 0.0635. The van der Waals surface area contributed by atoms with Gasteiger partial charge >= 0.3 is 6.09 Å². The molecule has 0 aliphatic rings. The van der Waals surface area contributed by atoms with Gasteiger partial charge in [-0.05, 0) is 39.8 Å². The van der Waals surface area contributed by atoms with Crippen LogP contribution in [-0.2, 0) is 15.5 Å². The molecule has 0 saturated carbocycles. The molecule has 0 fully saturated rings.